The van der Waals surface area contributed by atoms with Gasteiger partial charge in [0, 0.05) is 12.2 Å². The second-order valence-electron chi connectivity index (χ2n) is 7.99. The maximum Gasteiger partial charge on any atom is 0.316 e. The van der Waals surface area contributed by atoms with Gasteiger partial charge in [0.15, 0.2) is 0 Å². The third-order valence-electron chi connectivity index (χ3n) is 5.81. The van der Waals surface area contributed by atoms with Crippen LogP contribution in [-0.2, 0) is 29.8 Å². The number of likely N-dealkylation sites (N-methyl/N-ethyl adjacent to an activating group) is 1. The van der Waals surface area contributed by atoms with Crippen LogP contribution in [0, 0.1) is 6.92 Å². The van der Waals surface area contributed by atoms with Crippen LogP contribution in [0.15, 0.2) is 47.4 Å². The Morgan fingerprint density at radius 3 is 2.27 bits per heavy atom. The van der Waals surface area contributed by atoms with Gasteiger partial charge >= 0.3 is 5.97 Å². The average molecular weight is 475 g/mol. The summed E-state index contributed by atoms with van der Waals surface area (Å²) in [6, 6.07) is 11.6. The number of esters is 1. The van der Waals surface area contributed by atoms with Gasteiger partial charge < -0.3 is 14.8 Å². The molecule has 0 aromatic heterocycles. The third kappa shape index (κ3) is 5.20. The second-order valence-corrected chi connectivity index (χ2v) is 9.93. The number of nitrogens with one attached hydrogen (secondary N) is 1. The number of benzene rings is 2. The van der Waals surface area contributed by atoms with Gasteiger partial charge in [-0.2, -0.15) is 4.31 Å². The van der Waals surface area contributed by atoms with Crippen molar-refractivity contribution < 1.29 is 27.5 Å². The van der Waals surface area contributed by atoms with Crippen LogP contribution in [0.4, 0.5) is 5.69 Å². The van der Waals surface area contributed by atoms with E-state index in [2.05, 4.69) is 5.32 Å². The van der Waals surface area contributed by atoms with Crippen molar-refractivity contribution in [1.82, 2.24) is 4.31 Å². The smallest absolute Gasteiger partial charge is 0.316 e. The van der Waals surface area contributed by atoms with E-state index in [-0.39, 0.29) is 24.0 Å². The number of nitrogens with zero attached hydrogens (tertiary/aromatic N) is 1. The fraction of sp³-hybridized carbons (Fsp3) is 0.417. The molecule has 3 rings (SSSR count). The minimum Gasteiger partial charge on any atom is -0.496 e. The van der Waals surface area contributed by atoms with Crippen LogP contribution in [-0.4, -0.2) is 51.4 Å². The van der Waals surface area contributed by atoms with Gasteiger partial charge in [-0.25, -0.2) is 8.42 Å². The van der Waals surface area contributed by atoms with E-state index >= 15 is 0 Å². The van der Waals surface area contributed by atoms with E-state index in [1.165, 1.54) is 19.2 Å². The van der Waals surface area contributed by atoms with Crippen molar-refractivity contribution in [3.8, 4) is 5.75 Å². The lowest BCUT2D eigenvalue weighted by Crippen LogP contribution is -2.37. The molecule has 1 aliphatic carbocycles. The second kappa shape index (κ2) is 9.93. The highest BCUT2D eigenvalue weighted by Crippen LogP contribution is 2.49. The Kier molecular flexibility index (Phi) is 7.44. The van der Waals surface area contributed by atoms with E-state index in [1.807, 2.05) is 0 Å². The van der Waals surface area contributed by atoms with Gasteiger partial charge in [-0.1, -0.05) is 19.1 Å². The summed E-state index contributed by atoms with van der Waals surface area (Å²) in [4.78, 5) is 25.0. The number of rotatable bonds is 10. The van der Waals surface area contributed by atoms with Crippen LogP contribution in [0.3, 0.4) is 0 Å². The SMILES string of the molecule is CCOC(=O)C1(c2ccc(NC(=O)CN(CC)S(=O)(=O)c3ccc(OC)c(C)c3)cc2)CC1. The number of carbonyl (C=O) groups is 2. The zero-order valence-corrected chi connectivity index (χ0v) is 20.2. The number of sulfonamides is 1. The van der Waals surface area contributed by atoms with Crippen LogP contribution < -0.4 is 10.1 Å². The Morgan fingerprint density at radius 2 is 1.76 bits per heavy atom. The first kappa shape index (κ1) is 24.7. The van der Waals surface area contributed by atoms with Crippen molar-refractivity contribution in [2.75, 3.05) is 32.1 Å². The average Bonchev–Trinajstić information content (AvgIpc) is 3.60. The summed E-state index contributed by atoms with van der Waals surface area (Å²) in [5.74, 6) is -0.0848. The first-order chi connectivity index (χ1) is 15.7. The van der Waals surface area contributed by atoms with Crippen molar-refractivity contribution in [1.29, 1.82) is 0 Å². The van der Waals surface area contributed by atoms with Gasteiger partial charge in [0.25, 0.3) is 0 Å². The van der Waals surface area contributed by atoms with Gasteiger partial charge in [0.1, 0.15) is 5.75 Å². The summed E-state index contributed by atoms with van der Waals surface area (Å²) in [6.07, 6.45) is 1.48. The minimum absolute atomic E-state index is 0.105. The number of methoxy groups -OCH3 is 1. The molecule has 1 aliphatic rings. The van der Waals surface area contributed by atoms with E-state index in [9.17, 15) is 18.0 Å². The highest BCUT2D eigenvalue weighted by Gasteiger charge is 2.52. The van der Waals surface area contributed by atoms with Crippen LogP contribution >= 0.6 is 0 Å². The van der Waals surface area contributed by atoms with Crippen LogP contribution in [0.5, 0.6) is 5.75 Å². The summed E-state index contributed by atoms with van der Waals surface area (Å²) >= 11 is 0. The molecule has 2 aromatic rings. The predicted molar refractivity (Wildman–Crippen MR) is 125 cm³/mol. The quantitative estimate of drug-likeness (QED) is 0.531. The molecule has 0 saturated heterocycles. The van der Waals surface area contributed by atoms with E-state index in [1.54, 1.807) is 51.1 Å². The Labute approximate surface area is 194 Å². The lowest BCUT2D eigenvalue weighted by molar-refractivity contribution is -0.146. The van der Waals surface area contributed by atoms with E-state index in [0.29, 0.717) is 23.6 Å². The summed E-state index contributed by atoms with van der Waals surface area (Å²) < 4.78 is 37.6. The van der Waals surface area contributed by atoms with Crippen molar-refractivity contribution in [3.05, 3.63) is 53.6 Å². The van der Waals surface area contributed by atoms with Gasteiger partial charge in [0.05, 0.1) is 30.6 Å². The zero-order chi connectivity index (χ0) is 24.2. The van der Waals surface area contributed by atoms with Crippen LogP contribution in [0.25, 0.3) is 0 Å². The zero-order valence-electron chi connectivity index (χ0n) is 19.4. The summed E-state index contributed by atoms with van der Waals surface area (Å²) in [7, 11) is -2.33. The summed E-state index contributed by atoms with van der Waals surface area (Å²) in [5, 5.41) is 2.73. The number of carbonyl (C=O) groups excluding carboxylic acids is 2. The van der Waals surface area contributed by atoms with E-state index in [0.717, 1.165) is 22.7 Å². The molecule has 1 fully saturated rings. The van der Waals surface area contributed by atoms with Crippen molar-refractivity contribution in [2.45, 2.75) is 43.9 Å². The molecule has 1 saturated carbocycles. The lowest BCUT2D eigenvalue weighted by atomic mass is 9.96. The van der Waals surface area contributed by atoms with Crippen LogP contribution in [0.2, 0.25) is 0 Å². The largest absolute Gasteiger partial charge is 0.496 e. The van der Waals surface area contributed by atoms with Gasteiger partial charge in [-0.05, 0) is 68.1 Å². The van der Waals surface area contributed by atoms with Gasteiger partial charge in [0.2, 0.25) is 15.9 Å². The number of ether oxygens (including phenoxy) is 2. The molecular weight excluding hydrogens is 444 g/mol. The Hall–Kier alpha value is -2.91. The molecular formula is C24H30N2O6S. The Morgan fingerprint density at radius 1 is 1.09 bits per heavy atom. The summed E-state index contributed by atoms with van der Waals surface area (Å²) in [6.45, 7) is 5.38. The maximum absolute atomic E-state index is 13.0. The molecule has 33 heavy (non-hydrogen) atoms. The molecule has 0 unspecified atom stereocenters. The molecule has 0 atom stereocenters. The first-order valence-electron chi connectivity index (χ1n) is 10.9. The minimum atomic E-state index is -3.85. The number of amides is 1. The predicted octanol–water partition coefficient (Wildman–Crippen LogP) is 3.25. The maximum atomic E-state index is 13.0. The molecule has 0 radical (unpaired) electrons. The molecule has 1 amide bonds. The molecule has 8 nitrogen and oxygen atoms in total. The van der Waals surface area contributed by atoms with Gasteiger partial charge in [-0.3, -0.25) is 9.59 Å². The Bertz CT molecular complexity index is 1120. The van der Waals surface area contributed by atoms with E-state index < -0.39 is 21.3 Å². The molecule has 0 bridgehead atoms. The fourth-order valence-electron chi connectivity index (χ4n) is 3.77. The highest BCUT2D eigenvalue weighted by atomic mass is 32.2. The monoisotopic (exact) mass is 474 g/mol. The molecule has 1 N–H and O–H groups in total. The number of anilines is 1. The molecule has 2 aromatic carbocycles. The first-order valence-corrected chi connectivity index (χ1v) is 12.3. The topological polar surface area (TPSA) is 102 Å². The van der Waals surface area contributed by atoms with Crippen molar-refractivity contribution in [3.63, 3.8) is 0 Å². The molecule has 0 aliphatic heterocycles. The lowest BCUT2D eigenvalue weighted by Gasteiger charge is -2.21. The van der Waals surface area contributed by atoms with Gasteiger partial charge in [-0.15, -0.1) is 0 Å². The van der Waals surface area contributed by atoms with Crippen molar-refractivity contribution in [2.24, 2.45) is 0 Å². The molecule has 0 heterocycles. The summed E-state index contributed by atoms with van der Waals surface area (Å²) in [5.41, 5.74) is 1.49. The Balaban J connectivity index is 1.68. The highest BCUT2D eigenvalue weighted by molar-refractivity contribution is 7.89. The normalized spacial score (nSPS) is 14.6. The number of aryl methyl sites for hydroxylation is 1. The van der Waals surface area contributed by atoms with Crippen molar-refractivity contribution >= 4 is 27.6 Å². The molecule has 9 heteroatoms. The molecule has 178 valence electrons. The fourth-order valence-corrected chi connectivity index (χ4v) is 5.26. The van der Waals surface area contributed by atoms with E-state index in [4.69, 9.17) is 9.47 Å². The molecule has 0 spiro atoms. The third-order valence-corrected chi connectivity index (χ3v) is 7.73. The van der Waals surface area contributed by atoms with Crippen LogP contribution in [0.1, 0.15) is 37.8 Å². The number of hydrogen-bond acceptors (Lipinski definition) is 6. The number of hydrogen-bond donors (Lipinski definition) is 1. The standard InChI is InChI=1S/C24H30N2O6S/c1-5-26(33(29,30)20-11-12-21(31-4)17(3)15-20)16-22(27)25-19-9-7-18(8-10-19)24(13-14-24)23(28)32-6-2/h7-12,15H,5-6,13-14,16H2,1-4H3,(H,25,27).